The lowest BCUT2D eigenvalue weighted by Gasteiger charge is -2.11. The molecule has 0 atom stereocenters. The number of amides is 1. The van der Waals surface area contributed by atoms with Crippen LogP contribution in [0, 0.1) is 0 Å². The van der Waals surface area contributed by atoms with Gasteiger partial charge in [-0.2, -0.15) is 0 Å². The van der Waals surface area contributed by atoms with Gasteiger partial charge in [-0.25, -0.2) is 8.42 Å². The summed E-state index contributed by atoms with van der Waals surface area (Å²) in [4.78, 5) is 24.2. The molecule has 8 heteroatoms. The smallest absolute Gasteiger partial charge is 0.261 e. The Morgan fingerprint density at radius 1 is 0.862 bits per heavy atom. The molecule has 0 saturated carbocycles. The van der Waals surface area contributed by atoms with Gasteiger partial charge in [-0.3, -0.25) is 14.3 Å². The van der Waals surface area contributed by atoms with Gasteiger partial charge in [-0.05, 0) is 49.4 Å². The second kappa shape index (κ2) is 8.46. The normalized spacial score (nSPS) is 11.0. The number of carbonyl (C=O) groups excluding carboxylic acids is 2. The lowest BCUT2D eigenvalue weighted by Crippen LogP contribution is -2.15. The fourth-order valence-corrected chi connectivity index (χ4v) is 3.86. The number of halogens is 1. The Morgan fingerprint density at radius 3 is 2.28 bits per heavy atom. The van der Waals surface area contributed by atoms with Crippen molar-refractivity contribution in [3.8, 4) is 0 Å². The summed E-state index contributed by atoms with van der Waals surface area (Å²) in [6.45, 7) is 1.43. The SMILES string of the molecule is CC(=O)c1cccc(NC(=O)c2cc(NS(=O)(=O)c3ccccc3)ccc2Cl)c1. The van der Waals surface area contributed by atoms with Gasteiger partial charge in [0.2, 0.25) is 0 Å². The molecule has 0 spiro atoms. The Kier molecular flexibility index (Phi) is 6.00. The minimum absolute atomic E-state index is 0.0909. The van der Waals surface area contributed by atoms with Crippen molar-refractivity contribution >= 4 is 44.7 Å². The average molecular weight is 429 g/mol. The van der Waals surface area contributed by atoms with Gasteiger partial charge in [0, 0.05) is 16.9 Å². The molecule has 0 radical (unpaired) electrons. The van der Waals surface area contributed by atoms with Gasteiger partial charge in [0.1, 0.15) is 0 Å². The highest BCUT2D eigenvalue weighted by atomic mass is 35.5. The Bertz CT molecular complexity index is 1180. The van der Waals surface area contributed by atoms with Crippen molar-refractivity contribution in [3.63, 3.8) is 0 Å². The van der Waals surface area contributed by atoms with Crippen molar-refractivity contribution in [2.75, 3.05) is 10.0 Å². The predicted molar refractivity (Wildman–Crippen MR) is 113 cm³/mol. The Balaban J connectivity index is 1.84. The molecule has 0 aliphatic carbocycles. The number of carbonyl (C=O) groups is 2. The first kappa shape index (κ1) is 20.6. The van der Waals surface area contributed by atoms with E-state index in [9.17, 15) is 18.0 Å². The van der Waals surface area contributed by atoms with E-state index in [-0.39, 0.29) is 27.0 Å². The number of Topliss-reactive ketones (excluding diaryl/α,β-unsaturated/α-hetero) is 1. The topological polar surface area (TPSA) is 92.3 Å². The summed E-state index contributed by atoms with van der Waals surface area (Å²) < 4.78 is 27.4. The molecule has 6 nitrogen and oxygen atoms in total. The van der Waals surface area contributed by atoms with E-state index in [0.717, 1.165) is 0 Å². The van der Waals surface area contributed by atoms with E-state index >= 15 is 0 Å². The molecule has 1 amide bonds. The van der Waals surface area contributed by atoms with Gasteiger partial charge in [-0.15, -0.1) is 0 Å². The minimum Gasteiger partial charge on any atom is -0.322 e. The molecule has 29 heavy (non-hydrogen) atoms. The van der Waals surface area contributed by atoms with Gasteiger partial charge < -0.3 is 5.32 Å². The van der Waals surface area contributed by atoms with E-state index in [1.54, 1.807) is 42.5 Å². The Hall–Kier alpha value is -3.16. The lowest BCUT2D eigenvalue weighted by molar-refractivity contribution is 0.101. The quantitative estimate of drug-likeness (QED) is 0.561. The number of ketones is 1. The van der Waals surface area contributed by atoms with Crippen molar-refractivity contribution in [1.29, 1.82) is 0 Å². The Morgan fingerprint density at radius 2 is 1.59 bits per heavy atom. The number of sulfonamides is 1. The molecule has 0 fully saturated rings. The number of benzene rings is 3. The summed E-state index contributed by atoms with van der Waals surface area (Å²) in [6, 6.07) is 18.6. The van der Waals surface area contributed by atoms with Crippen LogP contribution in [0.25, 0.3) is 0 Å². The van der Waals surface area contributed by atoms with Crippen LogP contribution in [0.3, 0.4) is 0 Å². The van der Waals surface area contributed by atoms with Crippen molar-refractivity contribution in [2.24, 2.45) is 0 Å². The number of hydrogen-bond donors (Lipinski definition) is 2. The molecular formula is C21H17ClN2O4S. The molecule has 0 aromatic heterocycles. The third-order valence-corrected chi connectivity index (χ3v) is 5.77. The van der Waals surface area contributed by atoms with E-state index < -0.39 is 15.9 Å². The van der Waals surface area contributed by atoms with Crippen molar-refractivity contribution in [2.45, 2.75) is 11.8 Å². The largest absolute Gasteiger partial charge is 0.322 e. The lowest BCUT2D eigenvalue weighted by atomic mass is 10.1. The van der Waals surface area contributed by atoms with Gasteiger partial charge in [0.05, 0.1) is 15.5 Å². The highest BCUT2D eigenvalue weighted by Crippen LogP contribution is 2.24. The van der Waals surface area contributed by atoms with Crippen LogP contribution in [-0.2, 0) is 10.0 Å². The number of nitrogens with one attached hydrogen (secondary N) is 2. The first-order valence-electron chi connectivity index (χ1n) is 8.56. The Labute approximate surface area is 173 Å². The summed E-state index contributed by atoms with van der Waals surface area (Å²) in [5, 5.41) is 2.82. The standard InChI is InChI=1S/C21H17ClN2O4S/c1-14(25)15-6-5-7-16(12-15)23-21(26)19-13-17(10-11-20(19)22)24-29(27,28)18-8-3-2-4-9-18/h2-13,24H,1H3,(H,23,26). The van der Waals surface area contributed by atoms with E-state index in [2.05, 4.69) is 10.0 Å². The van der Waals surface area contributed by atoms with Crippen molar-refractivity contribution in [1.82, 2.24) is 0 Å². The van der Waals surface area contributed by atoms with Crippen LogP contribution in [-0.4, -0.2) is 20.1 Å². The second-order valence-electron chi connectivity index (χ2n) is 6.20. The van der Waals surface area contributed by atoms with Gasteiger partial charge in [0.15, 0.2) is 5.78 Å². The minimum atomic E-state index is -3.80. The molecule has 0 unspecified atom stereocenters. The summed E-state index contributed by atoms with van der Waals surface area (Å²) in [6.07, 6.45) is 0. The fraction of sp³-hybridized carbons (Fsp3) is 0.0476. The molecule has 148 valence electrons. The van der Waals surface area contributed by atoms with Crippen LogP contribution in [0.15, 0.2) is 77.7 Å². The molecule has 3 rings (SSSR count). The summed E-state index contributed by atoms with van der Waals surface area (Å²) in [5.74, 6) is -0.659. The van der Waals surface area contributed by atoms with Crippen LogP contribution in [0.5, 0.6) is 0 Å². The fourth-order valence-electron chi connectivity index (χ4n) is 2.59. The predicted octanol–water partition coefficient (Wildman–Crippen LogP) is 4.60. The molecule has 0 heterocycles. The highest BCUT2D eigenvalue weighted by molar-refractivity contribution is 7.92. The van der Waals surface area contributed by atoms with Gasteiger partial charge in [0.25, 0.3) is 15.9 Å². The van der Waals surface area contributed by atoms with Crippen LogP contribution >= 0.6 is 11.6 Å². The number of hydrogen-bond acceptors (Lipinski definition) is 4. The molecule has 3 aromatic rings. The molecule has 0 aliphatic rings. The summed E-state index contributed by atoms with van der Waals surface area (Å²) >= 11 is 6.14. The number of anilines is 2. The van der Waals surface area contributed by atoms with Crippen molar-refractivity contribution in [3.05, 3.63) is 88.9 Å². The third kappa shape index (κ3) is 5.01. The molecule has 3 aromatic carbocycles. The maximum Gasteiger partial charge on any atom is 0.261 e. The van der Waals surface area contributed by atoms with E-state index in [1.165, 1.54) is 37.3 Å². The molecule has 0 aliphatic heterocycles. The summed E-state index contributed by atoms with van der Waals surface area (Å²) in [5.41, 5.74) is 1.17. The zero-order valence-corrected chi connectivity index (χ0v) is 16.9. The number of rotatable bonds is 6. The molecular weight excluding hydrogens is 412 g/mol. The zero-order valence-electron chi connectivity index (χ0n) is 15.3. The zero-order chi connectivity index (χ0) is 21.0. The monoisotopic (exact) mass is 428 g/mol. The van der Waals surface area contributed by atoms with Crippen molar-refractivity contribution < 1.29 is 18.0 Å². The maximum atomic E-state index is 12.6. The van der Waals surface area contributed by atoms with Gasteiger partial charge >= 0.3 is 0 Å². The molecule has 0 saturated heterocycles. The molecule has 0 bridgehead atoms. The first-order chi connectivity index (χ1) is 13.8. The second-order valence-corrected chi connectivity index (χ2v) is 8.29. The third-order valence-electron chi connectivity index (χ3n) is 4.04. The highest BCUT2D eigenvalue weighted by Gasteiger charge is 2.17. The average Bonchev–Trinajstić information content (AvgIpc) is 2.70. The van der Waals surface area contributed by atoms with Crippen LogP contribution < -0.4 is 10.0 Å². The van der Waals surface area contributed by atoms with E-state index in [0.29, 0.717) is 11.3 Å². The first-order valence-corrected chi connectivity index (χ1v) is 10.4. The van der Waals surface area contributed by atoms with Crippen LogP contribution in [0.4, 0.5) is 11.4 Å². The summed E-state index contributed by atoms with van der Waals surface area (Å²) in [7, 11) is -3.80. The molecule has 2 N–H and O–H groups in total. The van der Waals surface area contributed by atoms with Crippen LogP contribution in [0.2, 0.25) is 5.02 Å². The van der Waals surface area contributed by atoms with E-state index in [1.807, 2.05) is 0 Å². The van der Waals surface area contributed by atoms with E-state index in [4.69, 9.17) is 11.6 Å². The van der Waals surface area contributed by atoms with Crippen LogP contribution in [0.1, 0.15) is 27.6 Å². The maximum absolute atomic E-state index is 12.6. The van der Waals surface area contributed by atoms with Gasteiger partial charge in [-0.1, -0.05) is 41.9 Å².